The van der Waals surface area contributed by atoms with Crippen molar-refractivity contribution in [2.75, 3.05) is 20.8 Å². The number of hydrogen-bond donors (Lipinski definition) is 0. The van der Waals surface area contributed by atoms with Crippen molar-refractivity contribution in [3.63, 3.8) is 0 Å². The molecule has 14 nitrogen and oxygen atoms in total. The molecular formula is C48H43ClN2O12S. The van der Waals surface area contributed by atoms with Crippen LogP contribution in [0, 0.1) is 0 Å². The lowest BCUT2D eigenvalue weighted by atomic mass is 9.92. The van der Waals surface area contributed by atoms with E-state index in [1.807, 2.05) is 48.5 Å². The molecule has 330 valence electrons. The van der Waals surface area contributed by atoms with Gasteiger partial charge in [0.1, 0.15) is 51.3 Å². The molecule has 0 spiro atoms. The molecule has 0 saturated carbocycles. The first-order valence-electron chi connectivity index (χ1n) is 20.2. The van der Waals surface area contributed by atoms with Gasteiger partial charge < -0.3 is 37.8 Å². The van der Waals surface area contributed by atoms with Crippen molar-refractivity contribution in [1.82, 2.24) is 10.1 Å². The molecule has 64 heavy (non-hydrogen) atoms. The zero-order valence-electron chi connectivity index (χ0n) is 35.0. The number of nitrogens with zero attached hydrogens (tertiary/aromatic N) is 2. The number of β-lactam (4-membered cyclic amide) rings is 1. The number of rotatable bonds is 17. The third-order valence-electron chi connectivity index (χ3n) is 11.4. The highest BCUT2D eigenvalue weighted by Gasteiger charge is 2.72. The molecule has 16 heteroatoms. The van der Waals surface area contributed by atoms with Gasteiger partial charge in [0.2, 0.25) is 5.91 Å². The van der Waals surface area contributed by atoms with E-state index >= 15 is 0 Å². The number of aromatic nitrogens is 1. The minimum atomic E-state index is -4.24. The highest BCUT2D eigenvalue weighted by molar-refractivity contribution is 7.93. The summed E-state index contributed by atoms with van der Waals surface area (Å²) < 4.78 is 66.5. The second-order valence-corrected chi connectivity index (χ2v) is 18.1. The van der Waals surface area contributed by atoms with Crippen LogP contribution in [0.1, 0.15) is 63.5 Å². The van der Waals surface area contributed by atoms with Gasteiger partial charge in [0, 0.05) is 12.5 Å². The van der Waals surface area contributed by atoms with Gasteiger partial charge in [0.25, 0.3) is 0 Å². The van der Waals surface area contributed by atoms with Crippen LogP contribution in [-0.2, 0) is 53.3 Å². The maximum absolute atomic E-state index is 14.3. The lowest BCUT2D eigenvalue weighted by molar-refractivity contribution is -0.164. The van der Waals surface area contributed by atoms with Crippen LogP contribution in [-0.4, -0.2) is 68.6 Å². The maximum atomic E-state index is 14.3. The van der Waals surface area contributed by atoms with Crippen molar-refractivity contribution >= 4 is 39.3 Å². The van der Waals surface area contributed by atoms with E-state index in [-0.39, 0.29) is 60.5 Å². The molecule has 3 unspecified atom stereocenters. The van der Waals surface area contributed by atoms with Gasteiger partial charge in [-0.15, -0.1) is 0 Å². The molecule has 0 N–H and O–H groups in total. The molecule has 1 amide bonds. The summed E-state index contributed by atoms with van der Waals surface area (Å²) in [5, 5.41) is 2.82. The van der Waals surface area contributed by atoms with Crippen molar-refractivity contribution in [2.45, 2.75) is 55.2 Å². The predicted molar refractivity (Wildman–Crippen MR) is 233 cm³/mol. The number of halogens is 1. The summed E-state index contributed by atoms with van der Waals surface area (Å²) in [4.78, 5) is 41.9. The van der Waals surface area contributed by atoms with E-state index < -0.39 is 49.9 Å². The summed E-state index contributed by atoms with van der Waals surface area (Å²) in [6, 6.07) is 35.5. The van der Waals surface area contributed by atoms with Crippen LogP contribution >= 0.6 is 11.6 Å². The SMILES string of the molecule is COc1ccc(COc2ccc(C(=O)OCCc3cc(C4(C)C(C(=O)OC(c5ccccc5)c5ccccc5)N5C(=O)CC5S4(=O)=O)no3)c(Cl)c2OCc2ccc(OC)cc2)cc1. The number of amides is 1. The second kappa shape index (κ2) is 18.5. The van der Waals surface area contributed by atoms with Crippen molar-refractivity contribution in [3.8, 4) is 23.0 Å². The fourth-order valence-corrected chi connectivity index (χ4v) is 10.4. The van der Waals surface area contributed by atoms with Gasteiger partial charge in [0.05, 0.1) is 32.8 Å². The average Bonchev–Trinajstić information content (AvgIpc) is 3.85. The Morgan fingerprint density at radius 2 is 1.41 bits per heavy atom. The Kier molecular flexibility index (Phi) is 12.6. The highest BCUT2D eigenvalue weighted by atomic mass is 35.5. The maximum Gasteiger partial charge on any atom is 0.339 e. The van der Waals surface area contributed by atoms with Crippen molar-refractivity contribution in [1.29, 1.82) is 0 Å². The van der Waals surface area contributed by atoms with Crippen LogP contribution < -0.4 is 18.9 Å². The normalized spacial score (nSPS) is 18.5. The zero-order chi connectivity index (χ0) is 45.0. The molecule has 2 fully saturated rings. The smallest absolute Gasteiger partial charge is 0.339 e. The van der Waals surface area contributed by atoms with E-state index in [0.717, 1.165) is 16.0 Å². The van der Waals surface area contributed by atoms with E-state index in [2.05, 4.69) is 5.16 Å². The molecule has 1 aromatic heterocycles. The number of sulfone groups is 1. The first-order valence-corrected chi connectivity index (χ1v) is 22.2. The molecule has 3 atom stereocenters. The van der Waals surface area contributed by atoms with Crippen molar-refractivity contribution in [3.05, 3.63) is 172 Å². The zero-order valence-corrected chi connectivity index (χ0v) is 36.5. The van der Waals surface area contributed by atoms with Gasteiger partial charge in [-0.05, 0) is 65.6 Å². The Balaban J connectivity index is 0.985. The van der Waals surface area contributed by atoms with Crippen LogP contribution in [0.3, 0.4) is 0 Å². The number of esters is 2. The van der Waals surface area contributed by atoms with Gasteiger partial charge >= 0.3 is 11.9 Å². The fourth-order valence-electron chi connectivity index (χ4n) is 7.75. The second-order valence-electron chi connectivity index (χ2n) is 15.2. The van der Waals surface area contributed by atoms with E-state index in [9.17, 15) is 22.8 Å². The molecule has 0 aliphatic carbocycles. The lowest BCUT2D eigenvalue weighted by Gasteiger charge is -2.37. The predicted octanol–water partition coefficient (Wildman–Crippen LogP) is 7.81. The Hall–Kier alpha value is -6.84. The van der Waals surface area contributed by atoms with E-state index in [0.29, 0.717) is 28.4 Å². The van der Waals surface area contributed by atoms with Gasteiger partial charge in [-0.2, -0.15) is 0 Å². The third kappa shape index (κ3) is 8.48. The Bertz CT molecular complexity index is 2710. The summed E-state index contributed by atoms with van der Waals surface area (Å²) in [7, 11) is -1.09. The standard InChI is InChI=1S/C48H43ClN2O12S/c1-48(45(51-40(52)27-41(51)64(48,55)56)47(54)62-43(32-10-6-4-7-11-32)33-12-8-5-9-13-33)39-26-36(63-50-39)24-25-59-46(53)37-22-23-38(60-28-30-14-18-34(57-2)19-15-30)44(42(37)49)61-29-31-16-20-35(58-3)21-17-31/h4-23,26,41,43,45H,24-25,27-29H2,1-3H3. The van der Waals surface area contributed by atoms with Crippen LogP contribution in [0.25, 0.3) is 0 Å². The Morgan fingerprint density at radius 3 is 1.97 bits per heavy atom. The number of methoxy groups -OCH3 is 2. The molecule has 8 rings (SSSR count). The van der Waals surface area contributed by atoms with Crippen molar-refractivity contribution < 1.29 is 55.7 Å². The van der Waals surface area contributed by atoms with Gasteiger partial charge in [-0.3, -0.25) is 4.79 Å². The number of fused-ring (bicyclic) bond motifs is 1. The number of hydrogen-bond acceptors (Lipinski definition) is 13. The topological polar surface area (TPSA) is 170 Å². The number of ether oxygens (including phenoxy) is 6. The molecule has 0 radical (unpaired) electrons. The monoisotopic (exact) mass is 906 g/mol. The number of carbonyl (C=O) groups is 3. The first kappa shape index (κ1) is 43.8. The minimum Gasteiger partial charge on any atom is -0.497 e. The summed E-state index contributed by atoms with van der Waals surface area (Å²) >= 11 is 6.84. The molecule has 2 saturated heterocycles. The summed E-state index contributed by atoms with van der Waals surface area (Å²) in [5.74, 6) is -0.241. The first-order chi connectivity index (χ1) is 30.9. The quantitative estimate of drug-likeness (QED) is 0.0642. The average molecular weight is 907 g/mol. The van der Waals surface area contributed by atoms with E-state index in [1.54, 1.807) is 80.9 Å². The van der Waals surface area contributed by atoms with Gasteiger partial charge in [-0.25, -0.2) is 18.0 Å². The third-order valence-corrected chi connectivity index (χ3v) is 14.5. The van der Waals surface area contributed by atoms with Crippen LogP contribution in [0.15, 0.2) is 132 Å². The van der Waals surface area contributed by atoms with Crippen molar-refractivity contribution in [2.24, 2.45) is 0 Å². The fraction of sp³-hybridized carbons (Fsp3) is 0.250. The van der Waals surface area contributed by atoms with E-state index in [4.69, 9.17) is 44.5 Å². The summed E-state index contributed by atoms with van der Waals surface area (Å²) in [6.45, 7) is 1.39. The molecule has 3 heterocycles. The van der Waals surface area contributed by atoms with Gasteiger partial charge in [-0.1, -0.05) is 102 Å². The summed E-state index contributed by atoms with van der Waals surface area (Å²) in [6.07, 6.45) is -1.20. The molecule has 6 aromatic rings. The lowest BCUT2D eigenvalue weighted by Crippen LogP contribution is -2.57. The number of benzene rings is 5. The Morgan fingerprint density at radius 1 is 0.828 bits per heavy atom. The molecular weight excluding hydrogens is 864 g/mol. The van der Waals surface area contributed by atoms with E-state index in [1.165, 1.54) is 19.1 Å². The summed E-state index contributed by atoms with van der Waals surface area (Å²) in [5.41, 5.74) is 2.88. The largest absolute Gasteiger partial charge is 0.497 e. The van der Waals surface area contributed by atoms with Crippen LogP contribution in [0.2, 0.25) is 5.02 Å². The van der Waals surface area contributed by atoms with Crippen LogP contribution in [0.5, 0.6) is 23.0 Å². The Labute approximate surface area is 374 Å². The molecule has 2 aliphatic heterocycles. The minimum absolute atomic E-state index is 0.00544. The number of carbonyl (C=O) groups excluding carboxylic acids is 3. The molecule has 2 aliphatic rings. The molecule has 0 bridgehead atoms. The molecule has 5 aromatic carbocycles. The van der Waals surface area contributed by atoms with Crippen LogP contribution in [0.4, 0.5) is 0 Å². The van der Waals surface area contributed by atoms with Gasteiger partial charge in [0.15, 0.2) is 33.5 Å². The highest BCUT2D eigenvalue weighted by Crippen LogP contribution is 2.52.